The molecule has 1 fully saturated rings. The number of nitrogens with zero attached hydrogens (tertiary/aromatic N) is 2. The largest absolute Gasteiger partial charge is 0.298 e. The number of likely N-dealkylation sites (tertiary alicyclic amines) is 1. The molecule has 1 aliphatic carbocycles. The van der Waals surface area contributed by atoms with E-state index in [0.29, 0.717) is 12.3 Å². The summed E-state index contributed by atoms with van der Waals surface area (Å²) in [6.45, 7) is 6.95. The number of carbonyl (C=O) groups excluding carboxylic acids is 1. The van der Waals surface area contributed by atoms with Crippen LogP contribution in [0.1, 0.15) is 33.9 Å². The Balaban J connectivity index is 1.47. The Kier molecular flexibility index (Phi) is 3.81. The predicted octanol–water partition coefficient (Wildman–Crippen LogP) is 3.31. The van der Waals surface area contributed by atoms with Gasteiger partial charge in [0.2, 0.25) is 0 Å². The smallest absolute Gasteiger partial charge is 0.164 e. The van der Waals surface area contributed by atoms with Crippen LogP contribution in [-0.2, 0) is 11.2 Å². The number of fused-ring (bicyclic) bond motifs is 1. The van der Waals surface area contributed by atoms with Gasteiger partial charge in [-0.15, -0.1) is 0 Å². The second-order valence-corrected chi connectivity index (χ2v) is 7.06. The molecule has 3 heteroatoms. The maximum absolute atomic E-state index is 12.5. The van der Waals surface area contributed by atoms with Crippen LogP contribution in [0.25, 0.3) is 6.08 Å². The first-order valence-corrected chi connectivity index (χ1v) is 8.57. The summed E-state index contributed by atoms with van der Waals surface area (Å²) in [7, 11) is 0. The quantitative estimate of drug-likeness (QED) is 0.870. The van der Waals surface area contributed by atoms with Crippen LogP contribution in [0.2, 0.25) is 0 Å². The molecule has 0 radical (unpaired) electrons. The number of carbonyl (C=O) groups is 1. The highest BCUT2D eigenvalue weighted by atomic mass is 16.1. The highest BCUT2D eigenvalue weighted by Crippen LogP contribution is 2.30. The van der Waals surface area contributed by atoms with Gasteiger partial charge in [0.1, 0.15) is 0 Å². The SMILES string of the molecule is Cc1cc(C)c2c(c1)C=C(CN1CC(c3ccccn3)C1)C(=O)C2. The molecular weight excluding hydrogens is 296 g/mol. The standard InChI is InChI=1S/C21H22N2O/c1-14-7-15(2)19-10-21(24)17(9-16(19)8-14)11-23-12-18(13-23)20-5-3-4-6-22-20/h3-9,18H,10-13H2,1-2H3. The van der Waals surface area contributed by atoms with Crippen LogP contribution in [0.15, 0.2) is 42.1 Å². The topological polar surface area (TPSA) is 33.2 Å². The molecule has 1 aromatic heterocycles. The molecule has 2 aliphatic rings. The van der Waals surface area contributed by atoms with Crippen molar-refractivity contribution in [2.24, 2.45) is 0 Å². The summed E-state index contributed by atoms with van der Waals surface area (Å²) in [5, 5.41) is 0. The second-order valence-electron chi connectivity index (χ2n) is 7.06. The molecule has 0 atom stereocenters. The Morgan fingerprint density at radius 1 is 1.21 bits per heavy atom. The molecule has 2 heterocycles. The van der Waals surface area contributed by atoms with E-state index in [1.807, 2.05) is 18.3 Å². The number of aromatic nitrogens is 1. The molecule has 1 aliphatic heterocycles. The average Bonchev–Trinajstić information content (AvgIpc) is 2.52. The third-order valence-electron chi connectivity index (χ3n) is 5.13. The van der Waals surface area contributed by atoms with Gasteiger partial charge >= 0.3 is 0 Å². The first-order chi connectivity index (χ1) is 11.6. The van der Waals surface area contributed by atoms with Crippen molar-refractivity contribution in [3.63, 3.8) is 0 Å². The zero-order valence-corrected chi connectivity index (χ0v) is 14.2. The average molecular weight is 318 g/mol. The molecule has 4 rings (SSSR count). The van der Waals surface area contributed by atoms with Crippen molar-refractivity contribution in [1.29, 1.82) is 0 Å². The third kappa shape index (κ3) is 2.80. The lowest BCUT2D eigenvalue weighted by Gasteiger charge is -2.39. The Morgan fingerprint density at radius 2 is 2.04 bits per heavy atom. The van der Waals surface area contributed by atoms with E-state index in [4.69, 9.17) is 0 Å². The maximum Gasteiger partial charge on any atom is 0.164 e. The van der Waals surface area contributed by atoms with E-state index >= 15 is 0 Å². The number of hydrogen-bond donors (Lipinski definition) is 0. The normalized spacial score (nSPS) is 18.1. The van der Waals surface area contributed by atoms with Crippen LogP contribution >= 0.6 is 0 Å². The molecule has 0 unspecified atom stereocenters. The van der Waals surface area contributed by atoms with Crippen molar-refractivity contribution in [1.82, 2.24) is 9.88 Å². The molecule has 0 saturated carbocycles. The Labute approximate surface area is 143 Å². The van der Waals surface area contributed by atoms with E-state index in [-0.39, 0.29) is 5.78 Å². The van der Waals surface area contributed by atoms with Crippen molar-refractivity contribution in [3.05, 3.63) is 70.0 Å². The van der Waals surface area contributed by atoms with Gasteiger partial charge in [-0.25, -0.2) is 0 Å². The molecule has 0 bridgehead atoms. The van der Waals surface area contributed by atoms with Crippen LogP contribution in [-0.4, -0.2) is 35.3 Å². The van der Waals surface area contributed by atoms with Gasteiger partial charge in [-0.1, -0.05) is 23.8 Å². The van der Waals surface area contributed by atoms with Crippen LogP contribution in [0.3, 0.4) is 0 Å². The maximum atomic E-state index is 12.5. The summed E-state index contributed by atoms with van der Waals surface area (Å²) >= 11 is 0. The van der Waals surface area contributed by atoms with Crippen molar-refractivity contribution in [2.45, 2.75) is 26.2 Å². The molecule has 1 saturated heterocycles. The molecule has 0 N–H and O–H groups in total. The fourth-order valence-corrected chi connectivity index (χ4v) is 3.82. The molecule has 1 aromatic carbocycles. The van der Waals surface area contributed by atoms with E-state index in [2.05, 4.69) is 48.0 Å². The summed E-state index contributed by atoms with van der Waals surface area (Å²) in [6.07, 6.45) is 4.51. The van der Waals surface area contributed by atoms with Crippen LogP contribution in [0, 0.1) is 13.8 Å². The van der Waals surface area contributed by atoms with Gasteiger partial charge in [0, 0.05) is 49.4 Å². The van der Waals surface area contributed by atoms with Crippen molar-refractivity contribution < 1.29 is 4.79 Å². The molecule has 24 heavy (non-hydrogen) atoms. The number of benzene rings is 1. The molecule has 0 amide bonds. The van der Waals surface area contributed by atoms with Gasteiger partial charge in [-0.3, -0.25) is 14.7 Å². The molecule has 3 nitrogen and oxygen atoms in total. The monoisotopic (exact) mass is 318 g/mol. The molecule has 2 aromatic rings. The summed E-state index contributed by atoms with van der Waals surface area (Å²) in [6, 6.07) is 10.4. The van der Waals surface area contributed by atoms with Gasteiger partial charge in [0.15, 0.2) is 5.78 Å². The highest BCUT2D eigenvalue weighted by Gasteiger charge is 2.31. The van der Waals surface area contributed by atoms with Crippen LogP contribution in [0.4, 0.5) is 0 Å². The minimum atomic E-state index is 0.274. The van der Waals surface area contributed by atoms with Gasteiger partial charge in [0.05, 0.1) is 0 Å². The first-order valence-electron chi connectivity index (χ1n) is 8.57. The summed E-state index contributed by atoms with van der Waals surface area (Å²) in [5.41, 5.74) is 7.03. The minimum Gasteiger partial charge on any atom is -0.298 e. The van der Waals surface area contributed by atoms with Gasteiger partial charge in [-0.2, -0.15) is 0 Å². The fraction of sp³-hybridized carbons (Fsp3) is 0.333. The van der Waals surface area contributed by atoms with Crippen LogP contribution < -0.4 is 0 Å². The van der Waals surface area contributed by atoms with Gasteiger partial charge in [-0.05, 0) is 48.7 Å². The van der Waals surface area contributed by atoms with E-state index in [0.717, 1.165) is 30.9 Å². The Hall–Kier alpha value is -2.26. The number of pyridine rings is 1. The predicted molar refractivity (Wildman–Crippen MR) is 96.0 cm³/mol. The third-order valence-corrected chi connectivity index (χ3v) is 5.13. The van der Waals surface area contributed by atoms with Crippen molar-refractivity contribution >= 4 is 11.9 Å². The lowest BCUT2D eigenvalue weighted by molar-refractivity contribution is -0.115. The molecule has 0 spiro atoms. The Morgan fingerprint density at radius 3 is 2.79 bits per heavy atom. The van der Waals surface area contributed by atoms with E-state index in [9.17, 15) is 4.79 Å². The number of ketones is 1. The van der Waals surface area contributed by atoms with E-state index in [1.165, 1.54) is 22.3 Å². The van der Waals surface area contributed by atoms with Crippen molar-refractivity contribution in [3.8, 4) is 0 Å². The molecule has 122 valence electrons. The van der Waals surface area contributed by atoms with E-state index in [1.54, 1.807) is 0 Å². The Bertz CT molecular complexity index is 817. The zero-order chi connectivity index (χ0) is 16.7. The highest BCUT2D eigenvalue weighted by molar-refractivity contribution is 6.04. The van der Waals surface area contributed by atoms with Gasteiger partial charge < -0.3 is 0 Å². The fourth-order valence-electron chi connectivity index (χ4n) is 3.82. The first kappa shape index (κ1) is 15.3. The van der Waals surface area contributed by atoms with Gasteiger partial charge in [0.25, 0.3) is 0 Å². The van der Waals surface area contributed by atoms with E-state index < -0.39 is 0 Å². The van der Waals surface area contributed by atoms with Crippen molar-refractivity contribution in [2.75, 3.05) is 19.6 Å². The minimum absolute atomic E-state index is 0.274. The second kappa shape index (κ2) is 5.99. The number of hydrogen-bond acceptors (Lipinski definition) is 3. The number of Topliss-reactive ketones (excluding diaryl/α,β-unsaturated/α-hetero) is 1. The lowest BCUT2D eigenvalue weighted by Crippen LogP contribution is -2.46. The summed E-state index contributed by atoms with van der Waals surface area (Å²) in [5.74, 6) is 0.776. The number of aryl methyl sites for hydroxylation is 2. The zero-order valence-electron chi connectivity index (χ0n) is 14.2. The lowest BCUT2D eigenvalue weighted by atomic mass is 9.86. The van der Waals surface area contributed by atoms with Crippen LogP contribution in [0.5, 0.6) is 0 Å². The summed E-state index contributed by atoms with van der Waals surface area (Å²) in [4.78, 5) is 19.3. The number of rotatable bonds is 3. The molecular formula is C21H22N2O. The summed E-state index contributed by atoms with van der Waals surface area (Å²) < 4.78 is 0.